The van der Waals surface area contributed by atoms with Crippen molar-refractivity contribution < 1.29 is 4.74 Å². The van der Waals surface area contributed by atoms with Crippen molar-refractivity contribution in [1.29, 1.82) is 0 Å². The van der Waals surface area contributed by atoms with E-state index in [1.807, 2.05) is 6.07 Å². The first kappa shape index (κ1) is 13.4. The van der Waals surface area contributed by atoms with Crippen molar-refractivity contribution >= 4 is 0 Å². The molecule has 0 saturated heterocycles. The van der Waals surface area contributed by atoms with E-state index in [0.29, 0.717) is 5.41 Å². The fourth-order valence-electron chi connectivity index (χ4n) is 2.55. The molecule has 0 radical (unpaired) electrons. The van der Waals surface area contributed by atoms with Crippen molar-refractivity contribution in [2.45, 2.75) is 26.3 Å². The lowest BCUT2D eigenvalue weighted by Crippen LogP contribution is -2.31. The molecule has 0 aliphatic heterocycles. The molecule has 1 aromatic rings. The number of nitrogens with zero attached hydrogens (tertiary/aromatic N) is 1. The first-order valence-electron chi connectivity index (χ1n) is 6.61. The lowest BCUT2D eigenvalue weighted by molar-refractivity contribution is 0.255. The maximum atomic E-state index is 5.84. The number of benzene rings is 1. The van der Waals surface area contributed by atoms with Gasteiger partial charge >= 0.3 is 0 Å². The Labute approximate surface area is 110 Å². The monoisotopic (exact) mass is 248 g/mol. The van der Waals surface area contributed by atoms with Crippen molar-refractivity contribution in [2.75, 3.05) is 27.2 Å². The first-order chi connectivity index (χ1) is 8.58. The van der Waals surface area contributed by atoms with Crippen LogP contribution < -0.4 is 10.5 Å². The van der Waals surface area contributed by atoms with Crippen molar-refractivity contribution in [3.63, 3.8) is 0 Å². The van der Waals surface area contributed by atoms with Gasteiger partial charge in [-0.05, 0) is 44.8 Å². The fraction of sp³-hybridized carbons (Fsp3) is 0.600. The highest BCUT2D eigenvalue weighted by atomic mass is 16.5. The van der Waals surface area contributed by atoms with Crippen molar-refractivity contribution in [3.05, 3.63) is 29.3 Å². The highest BCUT2D eigenvalue weighted by molar-refractivity contribution is 5.36. The number of nitrogens with two attached hydrogens (primary N) is 1. The quantitative estimate of drug-likeness (QED) is 0.838. The molecule has 0 unspecified atom stereocenters. The highest BCUT2D eigenvalue weighted by Gasteiger charge is 2.41. The maximum absolute atomic E-state index is 5.84. The fourth-order valence-corrected chi connectivity index (χ4v) is 2.55. The van der Waals surface area contributed by atoms with Crippen molar-refractivity contribution in [3.8, 4) is 5.75 Å². The Kier molecular flexibility index (Phi) is 3.93. The van der Waals surface area contributed by atoms with E-state index in [1.165, 1.54) is 24.0 Å². The van der Waals surface area contributed by atoms with E-state index in [4.69, 9.17) is 10.5 Å². The number of methoxy groups -OCH3 is 1. The number of aryl methyl sites for hydroxylation is 1. The summed E-state index contributed by atoms with van der Waals surface area (Å²) in [6, 6.07) is 6.34. The molecule has 0 amide bonds. The van der Waals surface area contributed by atoms with E-state index in [1.54, 1.807) is 7.11 Å². The molecule has 3 nitrogen and oxygen atoms in total. The summed E-state index contributed by atoms with van der Waals surface area (Å²) in [7, 11) is 3.90. The summed E-state index contributed by atoms with van der Waals surface area (Å²) in [5, 5.41) is 0. The van der Waals surface area contributed by atoms with Crippen molar-refractivity contribution in [2.24, 2.45) is 11.1 Å². The number of ether oxygens (including phenoxy) is 1. The SMILES string of the molecule is COc1ccc(C)cc1CN(C)CC1(CN)CC1. The molecule has 0 aromatic heterocycles. The smallest absolute Gasteiger partial charge is 0.123 e. The molecule has 1 fully saturated rings. The summed E-state index contributed by atoms with van der Waals surface area (Å²) in [5.74, 6) is 0.977. The molecule has 2 rings (SSSR count). The largest absolute Gasteiger partial charge is 0.496 e. The van der Waals surface area contributed by atoms with Crippen molar-refractivity contribution in [1.82, 2.24) is 4.90 Å². The summed E-state index contributed by atoms with van der Waals surface area (Å²) < 4.78 is 5.42. The molecule has 2 N–H and O–H groups in total. The predicted molar refractivity (Wildman–Crippen MR) is 74.8 cm³/mol. The number of rotatable bonds is 6. The second-order valence-corrected chi connectivity index (χ2v) is 5.69. The number of hydrogen-bond acceptors (Lipinski definition) is 3. The van der Waals surface area contributed by atoms with Crippen LogP contribution in [0.1, 0.15) is 24.0 Å². The van der Waals surface area contributed by atoms with Crippen LogP contribution in [0.2, 0.25) is 0 Å². The lowest BCUT2D eigenvalue weighted by atomic mass is 10.1. The standard InChI is InChI=1S/C15H24N2O/c1-12-4-5-14(18-3)13(8-12)9-17(2)11-15(10-16)6-7-15/h4-5,8H,6-7,9-11,16H2,1-3H3. The zero-order chi connectivity index (χ0) is 13.2. The van der Waals surface area contributed by atoms with Crippen LogP contribution in [-0.2, 0) is 6.54 Å². The van der Waals surface area contributed by atoms with E-state index in [0.717, 1.165) is 25.4 Å². The zero-order valence-electron chi connectivity index (χ0n) is 11.7. The predicted octanol–water partition coefficient (Wildman–Crippen LogP) is 2.17. The average molecular weight is 248 g/mol. The molecule has 0 bridgehead atoms. The van der Waals surface area contributed by atoms with Gasteiger partial charge in [0.05, 0.1) is 7.11 Å². The van der Waals surface area contributed by atoms with Crippen LogP contribution in [-0.4, -0.2) is 32.1 Å². The molecule has 0 spiro atoms. The van der Waals surface area contributed by atoms with Gasteiger partial charge in [-0.15, -0.1) is 0 Å². The summed E-state index contributed by atoms with van der Waals surface area (Å²) in [4.78, 5) is 2.36. The Morgan fingerprint density at radius 1 is 1.39 bits per heavy atom. The molecule has 18 heavy (non-hydrogen) atoms. The molecule has 1 aliphatic rings. The minimum Gasteiger partial charge on any atom is -0.496 e. The van der Waals surface area contributed by atoms with E-state index < -0.39 is 0 Å². The third-order valence-corrected chi connectivity index (χ3v) is 3.87. The molecular formula is C15H24N2O. The van der Waals surface area contributed by atoms with Crippen LogP contribution in [0.4, 0.5) is 0 Å². The summed E-state index contributed by atoms with van der Waals surface area (Å²) >= 11 is 0. The van der Waals surface area contributed by atoms with Crippen LogP contribution in [0.25, 0.3) is 0 Å². The molecule has 1 aromatic carbocycles. The Morgan fingerprint density at radius 3 is 2.67 bits per heavy atom. The topological polar surface area (TPSA) is 38.5 Å². The minimum absolute atomic E-state index is 0.395. The van der Waals surface area contributed by atoms with Gasteiger partial charge < -0.3 is 15.4 Å². The normalized spacial score (nSPS) is 16.9. The number of hydrogen-bond donors (Lipinski definition) is 1. The van der Waals surface area contributed by atoms with E-state index >= 15 is 0 Å². The van der Waals surface area contributed by atoms with Gasteiger partial charge in [-0.1, -0.05) is 17.7 Å². The van der Waals surface area contributed by atoms with Gasteiger partial charge in [0.1, 0.15) is 5.75 Å². The van der Waals surface area contributed by atoms with Gasteiger partial charge in [0.25, 0.3) is 0 Å². The zero-order valence-corrected chi connectivity index (χ0v) is 11.7. The van der Waals surface area contributed by atoms with E-state index in [9.17, 15) is 0 Å². The van der Waals surface area contributed by atoms with Crippen LogP contribution in [0, 0.1) is 12.3 Å². The minimum atomic E-state index is 0.395. The molecule has 1 saturated carbocycles. The van der Waals surface area contributed by atoms with Gasteiger partial charge in [-0.3, -0.25) is 0 Å². The Hall–Kier alpha value is -1.06. The third kappa shape index (κ3) is 3.03. The van der Waals surface area contributed by atoms with Gasteiger partial charge in [0, 0.05) is 18.7 Å². The highest BCUT2D eigenvalue weighted by Crippen LogP contribution is 2.45. The summed E-state index contributed by atoms with van der Waals surface area (Å²) in [6.45, 7) is 4.93. The summed E-state index contributed by atoms with van der Waals surface area (Å²) in [6.07, 6.45) is 2.55. The second-order valence-electron chi connectivity index (χ2n) is 5.69. The average Bonchev–Trinajstić information content (AvgIpc) is 3.09. The first-order valence-corrected chi connectivity index (χ1v) is 6.61. The van der Waals surface area contributed by atoms with Gasteiger partial charge in [-0.25, -0.2) is 0 Å². The molecule has 0 heterocycles. The van der Waals surface area contributed by atoms with Gasteiger partial charge in [0.2, 0.25) is 0 Å². The van der Waals surface area contributed by atoms with Crippen LogP contribution in [0.3, 0.4) is 0 Å². The third-order valence-electron chi connectivity index (χ3n) is 3.87. The molecule has 0 atom stereocenters. The van der Waals surface area contributed by atoms with Crippen LogP contribution in [0.15, 0.2) is 18.2 Å². The van der Waals surface area contributed by atoms with E-state index in [-0.39, 0.29) is 0 Å². The van der Waals surface area contributed by atoms with E-state index in [2.05, 4.69) is 31.0 Å². The lowest BCUT2D eigenvalue weighted by Gasteiger charge is -2.23. The maximum Gasteiger partial charge on any atom is 0.123 e. The van der Waals surface area contributed by atoms with Gasteiger partial charge in [-0.2, -0.15) is 0 Å². The van der Waals surface area contributed by atoms with Gasteiger partial charge in [0.15, 0.2) is 0 Å². The Balaban J connectivity index is 2.02. The van der Waals surface area contributed by atoms with Crippen LogP contribution in [0.5, 0.6) is 5.75 Å². The van der Waals surface area contributed by atoms with Crippen LogP contribution >= 0.6 is 0 Å². The molecule has 100 valence electrons. The summed E-state index contributed by atoms with van der Waals surface area (Å²) in [5.41, 5.74) is 8.77. The second kappa shape index (κ2) is 5.29. The Bertz CT molecular complexity index is 413. The molecule has 3 heteroatoms. The Morgan fingerprint density at radius 2 is 2.11 bits per heavy atom. The molecule has 1 aliphatic carbocycles. The molecular weight excluding hydrogens is 224 g/mol.